The third kappa shape index (κ3) is 2.84. The largest absolute Gasteiger partial charge is 0.461 e. The van der Waals surface area contributed by atoms with E-state index in [0.29, 0.717) is 6.61 Å². The number of aromatic nitrogens is 1. The molecule has 0 fully saturated rings. The summed E-state index contributed by atoms with van der Waals surface area (Å²) in [6, 6.07) is 9.68. The second-order valence-electron chi connectivity index (χ2n) is 3.25. The summed E-state index contributed by atoms with van der Waals surface area (Å²) < 4.78 is 9.92. The van der Waals surface area contributed by atoms with Gasteiger partial charge in [-0.05, 0) is 19.1 Å². The Labute approximate surface area is 98.4 Å². The molecule has 5 heteroatoms. The number of carbonyl (C=O) groups excluding carboxylic acids is 1. The molecule has 0 bridgehead atoms. The number of anilines is 2. The molecule has 5 nitrogen and oxygen atoms in total. The number of hydrogen-bond acceptors (Lipinski definition) is 5. The Morgan fingerprint density at radius 1 is 1.41 bits per heavy atom. The van der Waals surface area contributed by atoms with Crippen LogP contribution in [0.5, 0.6) is 0 Å². The van der Waals surface area contributed by atoms with Gasteiger partial charge in [0.1, 0.15) is 6.26 Å². The van der Waals surface area contributed by atoms with Gasteiger partial charge in [0.25, 0.3) is 6.01 Å². The van der Waals surface area contributed by atoms with Crippen molar-refractivity contribution in [3.05, 3.63) is 42.3 Å². The maximum absolute atomic E-state index is 11.3. The number of nitrogens with zero attached hydrogens (tertiary/aromatic N) is 1. The van der Waals surface area contributed by atoms with Crippen LogP contribution in [-0.4, -0.2) is 17.6 Å². The molecule has 0 atom stereocenters. The minimum Gasteiger partial charge on any atom is -0.461 e. The van der Waals surface area contributed by atoms with Gasteiger partial charge in [-0.3, -0.25) is 0 Å². The van der Waals surface area contributed by atoms with Crippen LogP contribution in [-0.2, 0) is 4.74 Å². The molecule has 0 saturated carbocycles. The van der Waals surface area contributed by atoms with E-state index in [1.54, 1.807) is 6.92 Å². The summed E-state index contributed by atoms with van der Waals surface area (Å²) in [6.07, 6.45) is 1.27. The van der Waals surface area contributed by atoms with E-state index >= 15 is 0 Å². The molecule has 0 amide bonds. The van der Waals surface area contributed by atoms with Gasteiger partial charge >= 0.3 is 5.97 Å². The van der Waals surface area contributed by atoms with E-state index in [1.807, 2.05) is 30.3 Å². The molecule has 0 aliphatic carbocycles. The molecule has 1 aromatic heterocycles. The third-order valence-electron chi connectivity index (χ3n) is 2.01. The molecule has 0 spiro atoms. The predicted molar refractivity (Wildman–Crippen MR) is 62.2 cm³/mol. The number of benzene rings is 1. The van der Waals surface area contributed by atoms with Crippen LogP contribution in [0, 0.1) is 0 Å². The van der Waals surface area contributed by atoms with Gasteiger partial charge in [-0.1, -0.05) is 18.2 Å². The van der Waals surface area contributed by atoms with Crippen molar-refractivity contribution in [2.75, 3.05) is 11.9 Å². The highest BCUT2D eigenvalue weighted by molar-refractivity contribution is 5.87. The van der Waals surface area contributed by atoms with Crippen LogP contribution in [0.15, 0.2) is 41.0 Å². The van der Waals surface area contributed by atoms with Gasteiger partial charge in [-0.2, -0.15) is 4.98 Å². The van der Waals surface area contributed by atoms with Crippen molar-refractivity contribution in [3.63, 3.8) is 0 Å². The molecule has 0 unspecified atom stereocenters. The molecule has 2 rings (SSSR count). The predicted octanol–water partition coefficient (Wildman–Crippen LogP) is 2.59. The number of ether oxygens (including phenoxy) is 1. The van der Waals surface area contributed by atoms with E-state index in [2.05, 4.69) is 10.3 Å². The van der Waals surface area contributed by atoms with Gasteiger partial charge in [0.05, 0.1) is 6.61 Å². The third-order valence-corrected chi connectivity index (χ3v) is 2.01. The Hall–Kier alpha value is -2.30. The highest BCUT2D eigenvalue weighted by atomic mass is 16.5. The molecule has 88 valence electrons. The molecule has 0 aliphatic rings. The van der Waals surface area contributed by atoms with Crippen LogP contribution in [0.25, 0.3) is 0 Å². The van der Waals surface area contributed by atoms with Crippen molar-refractivity contribution >= 4 is 17.7 Å². The molecular weight excluding hydrogens is 220 g/mol. The molecule has 1 N–H and O–H groups in total. The zero-order valence-electron chi connectivity index (χ0n) is 9.34. The van der Waals surface area contributed by atoms with Crippen molar-refractivity contribution in [3.8, 4) is 0 Å². The number of nitrogens with one attached hydrogen (secondary N) is 1. The summed E-state index contributed by atoms with van der Waals surface area (Å²) in [5, 5.41) is 2.94. The van der Waals surface area contributed by atoms with Crippen LogP contribution in [0.2, 0.25) is 0 Å². The van der Waals surface area contributed by atoms with Crippen molar-refractivity contribution in [2.45, 2.75) is 6.92 Å². The standard InChI is InChI=1S/C12H12N2O3/c1-2-16-11(15)10-8-17-12(14-10)13-9-6-4-3-5-7-9/h3-8H,2H2,1H3,(H,13,14). The molecule has 0 saturated heterocycles. The maximum Gasteiger partial charge on any atom is 0.360 e. The van der Waals surface area contributed by atoms with Gasteiger partial charge < -0.3 is 14.5 Å². The lowest BCUT2D eigenvalue weighted by atomic mass is 10.3. The summed E-state index contributed by atoms with van der Waals surface area (Å²) in [4.78, 5) is 15.3. The molecule has 1 heterocycles. The second-order valence-corrected chi connectivity index (χ2v) is 3.25. The zero-order valence-corrected chi connectivity index (χ0v) is 9.34. The van der Waals surface area contributed by atoms with E-state index in [4.69, 9.17) is 9.15 Å². The Bertz CT molecular complexity index is 493. The van der Waals surface area contributed by atoms with Gasteiger partial charge in [0.15, 0.2) is 5.69 Å². The number of rotatable bonds is 4. The van der Waals surface area contributed by atoms with E-state index in [-0.39, 0.29) is 11.7 Å². The number of hydrogen-bond donors (Lipinski definition) is 1. The lowest BCUT2D eigenvalue weighted by Gasteiger charge is -1.99. The van der Waals surface area contributed by atoms with Crippen molar-refractivity contribution in [2.24, 2.45) is 0 Å². The molecule has 0 aliphatic heterocycles. The average Bonchev–Trinajstić information content (AvgIpc) is 2.79. The topological polar surface area (TPSA) is 64.4 Å². The summed E-state index contributed by atoms with van der Waals surface area (Å²) in [6.45, 7) is 2.05. The van der Waals surface area contributed by atoms with E-state index in [9.17, 15) is 4.79 Å². The van der Waals surface area contributed by atoms with E-state index < -0.39 is 5.97 Å². The first-order valence-electron chi connectivity index (χ1n) is 5.24. The molecule has 17 heavy (non-hydrogen) atoms. The van der Waals surface area contributed by atoms with Crippen LogP contribution in [0.3, 0.4) is 0 Å². The number of oxazole rings is 1. The number of para-hydroxylation sites is 1. The smallest absolute Gasteiger partial charge is 0.360 e. The highest BCUT2D eigenvalue weighted by Gasteiger charge is 2.12. The Balaban J connectivity index is 2.06. The first-order chi connectivity index (χ1) is 8.29. The van der Waals surface area contributed by atoms with Gasteiger partial charge in [0.2, 0.25) is 0 Å². The summed E-state index contributed by atoms with van der Waals surface area (Å²) in [5.74, 6) is -0.489. The number of esters is 1. The highest BCUT2D eigenvalue weighted by Crippen LogP contribution is 2.15. The van der Waals surface area contributed by atoms with Crippen molar-refractivity contribution in [1.82, 2.24) is 4.98 Å². The monoisotopic (exact) mass is 232 g/mol. The minimum absolute atomic E-state index is 0.158. The van der Waals surface area contributed by atoms with Crippen LogP contribution in [0.1, 0.15) is 17.4 Å². The molecular formula is C12H12N2O3. The summed E-state index contributed by atoms with van der Waals surface area (Å²) in [7, 11) is 0. The Morgan fingerprint density at radius 2 is 2.18 bits per heavy atom. The fourth-order valence-electron chi connectivity index (χ4n) is 1.27. The summed E-state index contributed by atoms with van der Waals surface area (Å²) >= 11 is 0. The lowest BCUT2D eigenvalue weighted by molar-refractivity contribution is 0.0519. The maximum atomic E-state index is 11.3. The Kier molecular flexibility index (Phi) is 3.40. The van der Waals surface area contributed by atoms with Crippen molar-refractivity contribution < 1.29 is 13.9 Å². The Morgan fingerprint density at radius 3 is 2.88 bits per heavy atom. The SMILES string of the molecule is CCOC(=O)c1coc(Nc2ccccc2)n1. The fourth-order valence-corrected chi connectivity index (χ4v) is 1.27. The fraction of sp³-hybridized carbons (Fsp3) is 0.167. The molecule has 2 aromatic rings. The van der Waals surface area contributed by atoms with Crippen molar-refractivity contribution in [1.29, 1.82) is 0 Å². The van der Waals surface area contributed by atoms with Gasteiger partial charge in [0, 0.05) is 5.69 Å². The average molecular weight is 232 g/mol. The van der Waals surface area contributed by atoms with E-state index in [1.165, 1.54) is 6.26 Å². The van der Waals surface area contributed by atoms with Crippen LogP contribution >= 0.6 is 0 Å². The van der Waals surface area contributed by atoms with E-state index in [0.717, 1.165) is 5.69 Å². The minimum atomic E-state index is -0.489. The second kappa shape index (κ2) is 5.16. The van der Waals surface area contributed by atoms with Crippen LogP contribution in [0.4, 0.5) is 11.7 Å². The van der Waals surface area contributed by atoms with Gasteiger partial charge in [-0.25, -0.2) is 4.79 Å². The normalized spacial score (nSPS) is 9.94. The molecule has 0 radical (unpaired) electrons. The lowest BCUT2D eigenvalue weighted by Crippen LogP contribution is -2.04. The first kappa shape index (κ1) is 11.2. The van der Waals surface area contributed by atoms with Gasteiger partial charge in [-0.15, -0.1) is 0 Å². The van der Waals surface area contributed by atoms with Crippen LogP contribution < -0.4 is 5.32 Å². The molecule has 1 aromatic carbocycles. The first-order valence-corrected chi connectivity index (χ1v) is 5.24. The zero-order chi connectivity index (χ0) is 12.1. The summed E-state index contributed by atoms with van der Waals surface area (Å²) in [5.41, 5.74) is 0.995. The number of carbonyl (C=O) groups is 1. The quantitative estimate of drug-likeness (QED) is 0.821.